The van der Waals surface area contributed by atoms with Gasteiger partial charge in [-0.3, -0.25) is 9.59 Å². The molecule has 2 amide bonds. The molecule has 2 aliphatic rings. The minimum absolute atomic E-state index is 0.0490. The van der Waals surface area contributed by atoms with Gasteiger partial charge in [0.15, 0.2) is 11.5 Å². The predicted molar refractivity (Wildman–Crippen MR) is 130 cm³/mol. The van der Waals surface area contributed by atoms with Gasteiger partial charge < -0.3 is 30.3 Å². The number of likely N-dealkylation sites (tertiary alicyclic amines) is 1. The third-order valence-electron chi connectivity index (χ3n) is 5.62. The van der Waals surface area contributed by atoms with Crippen molar-refractivity contribution in [1.29, 1.82) is 0 Å². The quantitative estimate of drug-likeness (QED) is 0.275. The Morgan fingerprint density at radius 3 is 2.94 bits per heavy atom. The molecule has 1 aromatic carbocycles. The third kappa shape index (κ3) is 4.69. The summed E-state index contributed by atoms with van der Waals surface area (Å²) in [5.41, 5.74) is 7.52. The highest BCUT2D eigenvalue weighted by Gasteiger charge is 2.23. The smallest absolute Gasteiger partial charge is 0.261 e. The number of benzene rings is 1. The van der Waals surface area contributed by atoms with Crippen LogP contribution in [0.1, 0.15) is 40.7 Å². The Labute approximate surface area is 204 Å². The van der Waals surface area contributed by atoms with E-state index in [9.17, 15) is 9.59 Å². The molecule has 4 heterocycles. The highest BCUT2D eigenvalue weighted by atomic mass is 32.1. The van der Waals surface area contributed by atoms with Crippen LogP contribution < -0.4 is 20.5 Å². The van der Waals surface area contributed by atoms with Crippen molar-refractivity contribution in [3.63, 3.8) is 0 Å². The number of nitrogens with one attached hydrogen (secondary N) is 1. The molecule has 0 atom stereocenters. The van der Waals surface area contributed by atoms with Crippen LogP contribution in [0.5, 0.6) is 11.5 Å². The summed E-state index contributed by atoms with van der Waals surface area (Å²) in [6.45, 7) is 3.88. The van der Waals surface area contributed by atoms with Crippen LogP contribution in [-0.4, -0.2) is 65.4 Å². The van der Waals surface area contributed by atoms with Gasteiger partial charge in [-0.2, -0.15) is 0 Å². The van der Waals surface area contributed by atoms with Gasteiger partial charge in [-0.15, -0.1) is 11.3 Å². The number of carbonyl (C=O) groups is 2. The fourth-order valence-corrected chi connectivity index (χ4v) is 4.91. The van der Waals surface area contributed by atoms with E-state index in [1.807, 2.05) is 13.0 Å². The fourth-order valence-electron chi connectivity index (χ4n) is 3.96. The van der Waals surface area contributed by atoms with Gasteiger partial charge in [-0.05, 0) is 37.6 Å². The molecule has 35 heavy (non-hydrogen) atoms. The number of ether oxygens (including phenoxy) is 2. The second-order valence-corrected chi connectivity index (χ2v) is 8.98. The number of carbonyl (C=O) groups excluding carboxylic acids is 2. The lowest BCUT2D eigenvalue weighted by atomic mass is 10.0. The normalized spacial score (nSPS) is 15.2. The first kappa shape index (κ1) is 22.8. The molecular weight excluding hydrogens is 472 g/mol. The lowest BCUT2D eigenvalue weighted by molar-refractivity contribution is -0.128. The molecule has 1 fully saturated rings. The minimum Gasteiger partial charge on any atom is -0.454 e. The summed E-state index contributed by atoms with van der Waals surface area (Å²) in [6.07, 6.45) is 1.42. The van der Waals surface area contributed by atoms with Crippen molar-refractivity contribution < 1.29 is 23.9 Å². The van der Waals surface area contributed by atoms with Crippen LogP contribution in [0.4, 0.5) is 5.95 Å². The first-order chi connectivity index (χ1) is 17.0. The van der Waals surface area contributed by atoms with Gasteiger partial charge in [0.2, 0.25) is 18.6 Å². The van der Waals surface area contributed by atoms with E-state index in [0.29, 0.717) is 63.1 Å². The van der Waals surface area contributed by atoms with Crippen LogP contribution in [0.25, 0.3) is 10.2 Å². The summed E-state index contributed by atoms with van der Waals surface area (Å²) in [5.74, 6) is 1.17. The molecule has 0 aliphatic carbocycles. The zero-order chi connectivity index (χ0) is 24.4. The van der Waals surface area contributed by atoms with Crippen LogP contribution in [0.15, 0.2) is 29.4 Å². The first-order valence-corrected chi connectivity index (χ1v) is 12.1. The Balaban J connectivity index is 1.53. The second kappa shape index (κ2) is 9.74. The number of hydrogen-bond acceptors (Lipinski definition) is 10. The van der Waals surface area contributed by atoms with Crippen molar-refractivity contribution in [2.75, 3.05) is 38.8 Å². The molecule has 12 heteroatoms. The molecule has 3 N–H and O–H groups in total. The van der Waals surface area contributed by atoms with Crippen molar-refractivity contribution in [3.05, 3.63) is 40.4 Å². The summed E-state index contributed by atoms with van der Waals surface area (Å²) in [4.78, 5) is 41.6. The van der Waals surface area contributed by atoms with E-state index in [4.69, 9.17) is 20.0 Å². The molecule has 1 saturated heterocycles. The summed E-state index contributed by atoms with van der Waals surface area (Å²) in [7, 11) is 0. The van der Waals surface area contributed by atoms with E-state index >= 15 is 0 Å². The molecule has 182 valence electrons. The topological polar surface area (TPSA) is 141 Å². The maximum Gasteiger partial charge on any atom is 0.261 e. The van der Waals surface area contributed by atoms with Crippen molar-refractivity contribution in [2.45, 2.75) is 19.8 Å². The molecular formula is C23H24N6O5S. The number of anilines is 1. The minimum atomic E-state index is -0.201. The van der Waals surface area contributed by atoms with Crippen LogP contribution >= 0.6 is 11.3 Å². The van der Waals surface area contributed by atoms with E-state index in [1.54, 1.807) is 23.1 Å². The van der Waals surface area contributed by atoms with E-state index in [1.165, 1.54) is 11.3 Å². The molecule has 2 aromatic heterocycles. The largest absolute Gasteiger partial charge is 0.454 e. The van der Waals surface area contributed by atoms with E-state index in [0.717, 1.165) is 13.0 Å². The predicted octanol–water partition coefficient (Wildman–Crippen LogP) is 2.14. The molecule has 2 aliphatic heterocycles. The van der Waals surface area contributed by atoms with Gasteiger partial charge >= 0.3 is 0 Å². The summed E-state index contributed by atoms with van der Waals surface area (Å²) < 4.78 is 11.0. The number of nitrogens with zero attached hydrogens (tertiary/aromatic N) is 4. The summed E-state index contributed by atoms with van der Waals surface area (Å²) in [5, 5.41) is 7.82. The molecule has 0 radical (unpaired) electrons. The number of hydrogen-bond donors (Lipinski definition) is 2. The van der Waals surface area contributed by atoms with E-state index in [-0.39, 0.29) is 31.2 Å². The Hall–Kier alpha value is -3.93. The molecule has 5 rings (SSSR count). The monoisotopic (exact) mass is 496 g/mol. The number of nitrogen functional groups attached to an aromatic ring is 1. The molecule has 11 nitrogen and oxygen atoms in total. The SMILES string of the molecule is CCNC(=O)c1cc2c(/C(=N\OCCN3CCCC3=O)c3ccc4c(c3)OCO4)nc(N)nc2s1. The highest BCUT2D eigenvalue weighted by molar-refractivity contribution is 7.20. The fraction of sp³-hybridized carbons (Fsp3) is 0.348. The standard InChI is InChI=1S/C23H24N6O5S/c1-2-25-21(31)17-11-14-20(26-23(24)27-22(14)35-17)19(13-5-6-15-16(10-13)33-12-32-15)28-34-9-8-29-7-3-4-18(29)30/h5-6,10-11H,2-4,7-9,12H2,1H3,(H,25,31)(H2,24,26,27)/b28-19-. The lowest BCUT2D eigenvalue weighted by Crippen LogP contribution is -2.28. The zero-order valence-corrected chi connectivity index (χ0v) is 19.9. The number of oxime groups is 1. The van der Waals surface area contributed by atoms with Gasteiger partial charge in [0.1, 0.15) is 22.8 Å². The van der Waals surface area contributed by atoms with Crippen LogP contribution in [0.3, 0.4) is 0 Å². The second-order valence-electron chi connectivity index (χ2n) is 7.94. The molecule has 0 spiro atoms. The van der Waals surface area contributed by atoms with Crippen molar-refractivity contribution >= 4 is 45.0 Å². The van der Waals surface area contributed by atoms with Crippen LogP contribution in [0, 0.1) is 0 Å². The maximum absolute atomic E-state index is 12.4. The average molecular weight is 497 g/mol. The maximum atomic E-state index is 12.4. The number of nitrogens with two attached hydrogens (primary N) is 1. The number of thiophene rings is 1. The van der Waals surface area contributed by atoms with Crippen LogP contribution in [-0.2, 0) is 9.63 Å². The van der Waals surface area contributed by atoms with Crippen molar-refractivity contribution in [1.82, 2.24) is 20.2 Å². The summed E-state index contributed by atoms with van der Waals surface area (Å²) >= 11 is 1.22. The third-order valence-corrected chi connectivity index (χ3v) is 6.65. The average Bonchev–Trinajstić information content (AvgIpc) is 3.58. The molecule has 0 bridgehead atoms. The van der Waals surface area contributed by atoms with Gasteiger partial charge in [-0.25, -0.2) is 9.97 Å². The number of rotatable bonds is 8. The molecule has 0 unspecified atom stereocenters. The number of aromatic nitrogens is 2. The Bertz CT molecular complexity index is 1320. The van der Waals surface area contributed by atoms with E-state index in [2.05, 4.69) is 20.4 Å². The van der Waals surface area contributed by atoms with E-state index < -0.39 is 0 Å². The Morgan fingerprint density at radius 1 is 1.29 bits per heavy atom. The molecule has 0 saturated carbocycles. The highest BCUT2D eigenvalue weighted by Crippen LogP contribution is 2.34. The Morgan fingerprint density at radius 2 is 2.14 bits per heavy atom. The van der Waals surface area contributed by atoms with Gasteiger partial charge in [0.05, 0.1) is 11.4 Å². The van der Waals surface area contributed by atoms with Crippen molar-refractivity contribution in [3.8, 4) is 11.5 Å². The number of amides is 2. The summed E-state index contributed by atoms with van der Waals surface area (Å²) in [6, 6.07) is 7.12. The van der Waals surface area contributed by atoms with Gasteiger partial charge in [0.25, 0.3) is 5.91 Å². The first-order valence-electron chi connectivity index (χ1n) is 11.3. The number of fused-ring (bicyclic) bond motifs is 2. The zero-order valence-electron chi connectivity index (χ0n) is 19.1. The molecule has 3 aromatic rings. The van der Waals surface area contributed by atoms with Crippen LogP contribution in [0.2, 0.25) is 0 Å². The van der Waals surface area contributed by atoms with Crippen molar-refractivity contribution in [2.24, 2.45) is 5.16 Å². The van der Waals surface area contributed by atoms with Gasteiger partial charge in [0, 0.05) is 30.5 Å². The lowest BCUT2D eigenvalue weighted by Gasteiger charge is -2.14. The Kier molecular flexibility index (Phi) is 6.36. The van der Waals surface area contributed by atoms with Gasteiger partial charge in [-0.1, -0.05) is 5.16 Å².